The summed E-state index contributed by atoms with van der Waals surface area (Å²) >= 11 is 0. The minimum atomic E-state index is -0.289. The lowest BCUT2D eigenvalue weighted by molar-refractivity contribution is 0.102. The number of hydrogen-bond acceptors (Lipinski definition) is 5. The molecule has 2 aromatic heterocycles. The quantitative estimate of drug-likeness (QED) is 0.473. The number of nitrogens with one attached hydrogen (secondary N) is 2. The van der Waals surface area contributed by atoms with Gasteiger partial charge >= 0.3 is 0 Å². The van der Waals surface area contributed by atoms with Crippen molar-refractivity contribution in [3.05, 3.63) is 102 Å². The summed E-state index contributed by atoms with van der Waals surface area (Å²) in [5.74, 6) is 1.33. The molecule has 2 N–H and O–H groups in total. The maximum atomic E-state index is 12.2. The summed E-state index contributed by atoms with van der Waals surface area (Å²) < 4.78 is 2.14. The van der Waals surface area contributed by atoms with Crippen LogP contribution in [0.15, 0.2) is 85.2 Å². The Hall–Kier alpha value is -4.00. The lowest BCUT2D eigenvalue weighted by atomic mass is 10.2. The molecule has 7 heteroatoms. The third kappa shape index (κ3) is 5.08. The molecule has 4 rings (SSSR count). The van der Waals surface area contributed by atoms with E-state index in [1.54, 1.807) is 12.1 Å². The number of imidazole rings is 1. The molecule has 30 heavy (non-hydrogen) atoms. The molecule has 0 saturated heterocycles. The molecule has 2 heterocycles. The van der Waals surface area contributed by atoms with E-state index in [9.17, 15) is 4.79 Å². The van der Waals surface area contributed by atoms with Gasteiger partial charge in [-0.2, -0.15) is 0 Å². The molecular formula is C23H22N6O. The van der Waals surface area contributed by atoms with Crippen LogP contribution in [-0.2, 0) is 13.0 Å². The zero-order chi connectivity index (χ0) is 20.6. The van der Waals surface area contributed by atoms with Crippen molar-refractivity contribution >= 4 is 17.4 Å². The van der Waals surface area contributed by atoms with Crippen molar-refractivity contribution in [1.29, 1.82) is 0 Å². The molecule has 0 bridgehead atoms. The van der Waals surface area contributed by atoms with E-state index in [4.69, 9.17) is 0 Å². The molecule has 0 aliphatic rings. The highest BCUT2D eigenvalue weighted by Gasteiger charge is 2.09. The fraction of sp³-hybridized carbons (Fsp3) is 0.130. The molecule has 0 aliphatic heterocycles. The lowest BCUT2D eigenvalue weighted by Crippen LogP contribution is -2.15. The smallest absolute Gasteiger partial charge is 0.276 e. The van der Waals surface area contributed by atoms with Gasteiger partial charge in [-0.3, -0.25) is 4.79 Å². The van der Waals surface area contributed by atoms with Gasteiger partial charge in [0.1, 0.15) is 11.6 Å². The highest BCUT2D eigenvalue weighted by Crippen LogP contribution is 2.09. The van der Waals surface area contributed by atoms with Crippen molar-refractivity contribution in [3.63, 3.8) is 0 Å². The minimum absolute atomic E-state index is 0.266. The summed E-state index contributed by atoms with van der Waals surface area (Å²) in [6.45, 7) is 1.46. The Bertz CT molecular complexity index is 1080. The normalized spacial score (nSPS) is 10.5. The van der Waals surface area contributed by atoms with Gasteiger partial charge in [0.2, 0.25) is 0 Å². The number of benzene rings is 2. The van der Waals surface area contributed by atoms with Crippen molar-refractivity contribution in [1.82, 2.24) is 19.7 Å². The highest BCUT2D eigenvalue weighted by atomic mass is 16.1. The van der Waals surface area contributed by atoms with E-state index in [1.807, 2.05) is 60.9 Å². The summed E-state index contributed by atoms with van der Waals surface area (Å²) in [4.78, 5) is 16.7. The first-order valence-corrected chi connectivity index (χ1v) is 9.76. The molecule has 1 amide bonds. The van der Waals surface area contributed by atoms with Crippen LogP contribution in [0.1, 0.15) is 21.9 Å². The second-order valence-electron chi connectivity index (χ2n) is 6.76. The van der Waals surface area contributed by atoms with Crippen LogP contribution in [0.5, 0.6) is 0 Å². The Morgan fingerprint density at radius 1 is 0.900 bits per heavy atom. The molecule has 0 saturated carbocycles. The molecule has 0 aliphatic carbocycles. The maximum Gasteiger partial charge on any atom is 0.276 e. The Labute approximate surface area is 174 Å². The monoisotopic (exact) mass is 398 g/mol. The molecule has 150 valence electrons. The molecule has 4 aromatic rings. The topological polar surface area (TPSA) is 84.7 Å². The number of para-hydroxylation sites is 1. The number of carbonyl (C=O) groups excluding carboxylic acids is 1. The van der Waals surface area contributed by atoms with Gasteiger partial charge in [-0.25, -0.2) is 4.98 Å². The maximum absolute atomic E-state index is 12.2. The fourth-order valence-corrected chi connectivity index (χ4v) is 3.06. The van der Waals surface area contributed by atoms with Crippen LogP contribution < -0.4 is 10.6 Å². The Morgan fingerprint density at radius 3 is 2.40 bits per heavy atom. The molecule has 0 unspecified atom stereocenters. The molecule has 7 nitrogen and oxygen atoms in total. The van der Waals surface area contributed by atoms with Crippen LogP contribution in [-0.4, -0.2) is 32.2 Å². The van der Waals surface area contributed by atoms with Gasteiger partial charge in [-0.05, 0) is 29.8 Å². The summed E-state index contributed by atoms with van der Waals surface area (Å²) in [5, 5.41) is 14.1. The van der Waals surface area contributed by atoms with Crippen LogP contribution in [0, 0.1) is 0 Å². The molecule has 2 aromatic carbocycles. The zero-order valence-electron chi connectivity index (χ0n) is 16.4. The SMILES string of the molecule is O=C(Nc1ccccc1)c1ccc(NCCc2nccn2Cc2ccccc2)nn1. The van der Waals surface area contributed by atoms with Crippen LogP contribution in [0.4, 0.5) is 11.5 Å². The van der Waals surface area contributed by atoms with Crippen molar-refractivity contribution in [2.45, 2.75) is 13.0 Å². The average molecular weight is 398 g/mol. The molecular weight excluding hydrogens is 376 g/mol. The predicted octanol–water partition coefficient (Wildman–Crippen LogP) is 3.63. The number of carbonyl (C=O) groups is 1. The van der Waals surface area contributed by atoms with E-state index in [-0.39, 0.29) is 11.6 Å². The van der Waals surface area contributed by atoms with E-state index in [2.05, 4.69) is 42.5 Å². The number of anilines is 2. The van der Waals surface area contributed by atoms with E-state index in [0.717, 1.165) is 24.5 Å². The Balaban J connectivity index is 1.29. The molecule has 0 radical (unpaired) electrons. The first kappa shape index (κ1) is 19.3. The van der Waals surface area contributed by atoms with Gasteiger partial charge in [-0.15, -0.1) is 10.2 Å². The second-order valence-corrected chi connectivity index (χ2v) is 6.76. The van der Waals surface area contributed by atoms with E-state index in [1.165, 1.54) is 5.56 Å². The van der Waals surface area contributed by atoms with E-state index < -0.39 is 0 Å². The van der Waals surface area contributed by atoms with Crippen molar-refractivity contribution < 1.29 is 4.79 Å². The van der Waals surface area contributed by atoms with Crippen LogP contribution in [0.3, 0.4) is 0 Å². The van der Waals surface area contributed by atoms with Gasteiger partial charge in [0.15, 0.2) is 5.69 Å². The van der Waals surface area contributed by atoms with Crippen LogP contribution >= 0.6 is 0 Å². The van der Waals surface area contributed by atoms with Crippen LogP contribution in [0.2, 0.25) is 0 Å². The number of hydrogen-bond donors (Lipinski definition) is 2. The van der Waals surface area contributed by atoms with E-state index >= 15 is 0 Å². The minimum Gasteiger partial charge on any atom is -0.368 e. The average Bonchev–Trinajstić information content (AvgIpc) is 3.22. The molecule has 0 atom stereocenters. The summed E-state index contributed by atoms with van der Waals surface area (Å²) in [6.07, 6.45) is 4.55. The first-order chi connectivity index (χ1) is 14.8. The fourth-order valence-electron chi connectivity index (χ4n) is 3.06. The molecule has 0 spiro atoms. The van der Waals surface area contributed by atoms with Gasteiger partial charge in [0.25, 0.3) is 5.91 Å². The third-order valence-electron chi connectivity index (χ3n) is 4.58. The van der Waals surface area contributed by atoms with Gasteiger partial charge in [-0.1, -0.05) is 48.5 Å². The Morgan fingerprint density at radius 2 is 1.67 bits per heavy atom. The summed E-state index contributed by atoms with van der Waals surface area (Å²) in [5.41, 5.74) is 2.22. The van der Waals surface area contributed by atoms with Crippen molar-refractivity contribution in [2.75, 3.05) is 17.2 Å². The highest BCUT2D eigenvalue weighted by molar-refractivity contribution is 6.02. The van der Waals surface area contributed by atoms with Crippen LogP contribution in [0.25, 0.3) is 0 Å². The number of aromatic nitrogens is 4. The zero-order valence-corrected chi connectivity index (χ0v) is 16.4. The van der Waals surface area contributed by atoms with Gasteiger partial charge < -0.3 is 15.2 Å². The lowest BCUT2D eigenvalue weighted by Gasteiger charge is -2.09. The largest absolute Gasteiger partial charge is 0.368 e. The standard InChI is InChI=1S/C23H22N6O/c30-23(26-19-9-5-2-6-10-19)20-11-12-21(28-27-20)24-14-13-22-25-15-16-29(22)17-18-7-3-1-4-8-18/h1-12,15-16H,13-14,17H2,(H,24,28)(H,26,30). The second kappa shape index (κ2) is 9.47. The summed E-state index contributed by atoms with van der Waals surface area (Å²) in [7, 11) is 0. The molecule has 0 fully saturated rings. The van der Waals surface area contributed by atoms with Gasteiger partial charge in [0.05, 0.1) is 0 Å². The first-order valence-electron chi connectivity index (χ1n) is 9.76. The number of nitrogens with zero attached hydrogens (tertiary/aromatic N) is 4. The van der Waals surface area contributed by atoms with Crippen molar-refractivity contribution in [3.8, 4) is 0 Å². The summed E-state index contributed by atoms with van der Waals surface area (Å²) in [6, 6.07) is 23.0. The Kier molecular flexibility index (Phi) is 6.10. The van der Waals surface area contributed by atoms with E-state index in [0.29, 0.717) is 12.4 Å². The number of rotatable bonds is 8. The van der Waals surface area contributed by atoms with Crippen molar-refractivity contribution in [2.24, 2.45) is 0 Å². The number of amides is 1. The van der Waals surface area contributed by atoms with Gasteiger partial charge in [0, 0.05) is 37.6 Å². The third-order valence-corrected chi connectivity index (χ3v) is 4.58. The predicted molar refractivity (Wildman–Crippen MR) is 116 cm³/mol.